The van der Waals surface area contributed by atoms with Crippen molar-refractivity contribution in [2.45, 2.75) is 32.4 Å². The van der Waals surface area contributed by atoms with Crippen LogP contribution in [0.25, 0.3) is 5.69 Å². The van der Waals surface area contributed by atoms with Gasteiger partial charge in [0.05, 0.1) is 5.69 Å². The summed E-state index contributed by atoms with van der Waals surface area (Å²) in [5.74, 6) is 0.299. The summed E-state index contributed by atoms with van der Waals surface area (Å²) in [7, 11) is 4.03. The van der Waals surface area contributed by atoms with Crippen molar-refractivity contribution in [3.05, 3.63) is 88.0 Å². The second kappa shape index (κ2) is 10.0. The molecule has 1 fully saturated rings. The third-order valence-electron chi connectivity index (χ3n) is 5.80. The molecule has 1 aliphatic rings. The lowest BCUT2D eigenvalue weighted by Crippen LogP contribution is -2.37. The molecule has 0 aliphatic heterocycles. The summed E-state index contributed by atoms with van der Waals surface area (Å²) in [6, 6.07) is 15.8. The fourth-order valence-electron chi connectivity index (χ4n) is 3.70. The van der Waals surface area contributed by atoms with Gasteiger partial charge in [-0.25, -0.2) is 4.98 Å². The summed E-state index contributed by atoms with van der Waals surface area (Å²) >= 11 is 0. The highest BCUT2D eigenvalue weighted by atomic mass is 16.2. The van der Waals surface area contributed by atoms with Gasteiger partial charge in [-0.05, 0) is 57.1 Å². The van der Waals surface area contributed by atoms with Crippen LogP contribution in [0.15, 0.2) is 65.7 Å². The number of nitrogens with zero attached hydrogens (tertiary/aromatic N) is 4. The molecule has 1 N–H and O–H groups in total. The van der Waals surface area contributed by atoms with E-state index < -0.39 is 0 Å². The van der Waals surface area contributed by atoms with Crippen molar-refractivity contribution in [1.82, 2.24) is 19.8 Å². The zero-order valence-corrected chi connectivity index (χ0v) is 19.5. The number of likely N-dealkylation sites (N-methyl/N-ethyl adjacent to an activating group) is 1. The SMILES string of the molecule is Cc1ccc(C(=O)NC2CC2)cc1-n1ccnc(N(CCN(C)C)Cc2ccccc2)c1=O. The maximum atomic E-state index is 13.6. The maximum Gasteiger partial charge on any atom is 0.298 e. The second-order valence-corrected chi connectivity index (χ2v) is 8.89. The molecule has 1 amide bonds. The number of amides is 1. The summed E-state index contributed by atoms with van der Waals surface area (Å²) < 4.78 is 1.60. The molecule has 0 radical (unpaired) electrons. The Hall–Kier alpha value is -3.45. The van der Waals surface area contributed by atoms with Crippen molar-refractivity contribution >= 4 is 11.7 Å². The zero-order valence-electron chi connectivity index (χ0n) is 19.5. The first-order chi connectivity index (χ1) is 15.9. The quantitative estimate of drug-likeness (QED) is 0.548. The normalized spacial score (nSPS) is 13.2. The fourth-order valence-corrected chi connectivity index (χ4v) is 3.70. The molecule has 2 aromatic carbocycles. The van der Waals surface area contributed by atoms with E-state index in [2.05, 4.69) is 27.3 Å². The van der Waals surface area contributed by atoms with Gasteiger partial charge in [0.2, 0.25) is 0 Å². The Bertz CT molecular complexity index is 1170. The molecule has 0 bridgehead atoms. The van der Waals surface area contributed by atoms with E-state index >= 15 is 0 Å². The minimum atomic E-state index is -0.199. The number of aromatic nitrogens is 2. The number of nitrogens with one attached hydrogen (secondary N) is 1. The number of benzene rings is 2. The Balaban J connectivity index is 1.69. The lowest BCUT2D eigenvalue weighted by atomic mass is 10.1. The van der Waals surface area contributed by atoms with Crippen molar-refractivity contribution < 1.29 is 4.79 Å². The lowest BCUT2D eigenvalue weighted by molar-refractivity contribution is 0.0951. The largest absolute Gasteiger partial charge is 0.349 e. The van der Waals surface area contributed by atoms with Gasteiger partial charge in [0.25, 0.3) is 11.5 Å². The van der Waals surface area contributed by atoms with Crippen LogP contribution in [0.3, 0.4) is 0 Å². The van der Waals surface area contributed by atoms with E-state index in [1.165, 1.54) is 0 Å². The number of aryl methyl sites for hydroxylation is 1. The van der Waals surface area contributed by atoms with Crippen LogP contribution in [0.4, 0.5) is 5.82 Å². The number of carbonyl (C=O) groups excluding carboxylic acids is 1. The van der Waals surface area contributed by atoms with Gasteiger partial charge in [-0.1, -0.05) is 36.4 Å². The van der Waals surface area contributed by atoms with Crippen LogP contribution in [0.5, 0.6) is 0 Å². The van der Waals surface area contributed by atoms with Crippen molar-refractivity contribution in [2.24, 2.45) is 0 Å². The summed E-state index contributed by atoms with van der Waals surface area (Å²) in [5.41, 5.74) is 3.08. The number of anilines is 1. The van der Waals surface area contributed by atoms with Crippen LogP contribution in [0, 0.1) is 6.92 Å². The van der Waals surface area contributed by atoms with Gasteiger partial charge < -0.3 is 15.1 Å². The van der Waals surface area contributed by atoms with E-state index in [-0.39, 0.29) is 17.5 Å². The van der Waals surface area contributed by atoms with Crippen LogP contribution in [-0.4, -0.2) is 53.6 Å². The van der Waals surface area contributed by atoms with Crippen LogP contribution >= 0.6 is 0 Å². The van der Waals surface area contributed by atoms with E-state index in [1.807, 2.05) is 56.3 Å². The Labute approximate surface area is 194 Å². The molecule has 7 heteroatoms. The standard InChI is InChI=1S/C26H31N5O2/c1-19-9-10-21(25(32)28-22-11-12-22)17-23(19)31-14-13-27-24(26(31)33)30(16-15-29(2)3)18-20-7-5-4-6-8-20/h4-10,13-14,17,22H,11-12,15-16,18H2,1-3H3,(H,28,32). The lowest BCUT2D eigenvalue weighted by Gasteiger charge is -2.25. The van der Waals surface area contributed by atoms with Crippen molar-refractivity contribution in [3.8, 4) is 5.69 Å². The van der Waals surface area contributed by atoms with Gasteiger partial charge in [0.15, 0.2) is 5.82 Å². The molecule has 4 rings (SSSR count). The Kier molecular flexibility index (Phi) is 6.89. The summed E-state index contributed by atoms with van der Waals surface area (Å²) in [5, 5.41) is 3.02. The molecule has 1 aromatic heterocycles. The molecule has 1 saturated carbocycles. The Morgan fingerprint density at radius 3 is 2.58 bits per heavy atom. The summed E-state index contributed by atoms with van der Waals surface area (Å²) in [6.45, 7) is 3.98. The number of hydrogen-bond acceptors (Lipinski definition) is 5. The second-order valence-electron chi connectivity index (χ2n) is 8.89. The minimum Gasteiger partial charge on any atom is -0.349 e. The smallest absolute Gasteiger partial charge is 0.298 e. The third kappa shape index (κ3) is 5.68. The third-order valence-corrected chi connectivity index (χ3v) is 5.80. The minimum absolute atomic E-state index is 0.0993. The maximum absolute atomic E-state index is 13.6. The van der Waals surface area contributed by atoms with E-state index in [4.69, 9.17) is 0 Å². The molecule has 3 aromatic rings. The highest BCUT2D eigenvalue weighted by Gasteiger charge is 2.24. The van der Waals surface area contributed by atoms with E-state index in [9.17, 15) is 9.59 Å². The van der Waals surface area contributed by atoms with Gasteiger partial charge in [-0.2, -0.15) is 0 Å². The van der Waals surface area contributed by atoms with E-state index in [1.54, 1.807) is 23.0 Å². The first-order valence-electron chi connectivity index (χ1n) is 11.4. The molecule has 0 spiro atoms. The van der Waals surface area contributed by atoms with E-state index in [0.29, 0.717) is 30.2 Å². The molecule has 1 heterocycles. The van der Waals surface area contributed by atoms with Crippen molar-refractivity contribution in [1.29, 1.82) is 0 Å². The van der Waals surface area contributed by atoms with Crippen molar-refractivity contribution in [3.63, 3.8) is 0 Å². The average Bonchev–Trinajstić information content (AvgIpc) is 3.62. The first-order valence-corrected chi connectivity index (χ1v) is 11.4. The molecule has 33 heavy (non-hydrogen) atoms. The van der Waals surface area contributed by atoms with Crippen LogP contribution in [0.2, 0.25) is 0 Å². The molecule has 0 saturated heterocycles. The topological polar surface area (TPSA) is 70.5 Å². The number of carbonyl (C=O) groups is 1. The van der Waals surface area contributed by atoms with E-state index in [0.717, 1.165) is 30.5 Å². The highest BCUT2D eigenvalue weighted by Crippen LogP contribution is 2.21. The van der Waals surface area contributed by atoms with Gasteiger partial charge in [0.1, 0.15) is 0 Å². The summed E-state index contributed by atoms with van der Waals surface area (Å²) in [6.07, 6.45) is 5.38. The van der Waals surface area contributed by atoms with Crippen LogP contribution < -0.4 is 15.8 Å². The number of hydrogen-bond donors (Lipinski definition) is 1. The predicted octanol–water partition coefficient (Wildman–Crippen LogP) is 3.00. The Morgan fingerprint density at radius 2 is 1.88 bits per heavy atom. The van der Waals surface area contributed by atoms with Gasteiger partial charge in [0, 0.05) is 43.6 Å². The number of rotatable bonds is 9. The molecular formula is C26H31N5O2. The molecule has 172 valence electrons. The molecular weight excluding hydrogens is 414 g/mol. The average molecular weight is 446 g/mol. The molecule has 7 nitrogen and oxygen atoms in total. The first kappa shape index (κ1) is 22.7. The molecule has 1 aliphatic carbocycles. The predicted molar refractivity (Wildman–Crippen MR) is 131 cm³/mol. The van der Waals surface area contributed by atoms with Crippen LogP contribution in [-0.2, 0) is 6.54 Å². The summed E-state index contributed by atoms with van der Waals surface area (Å²) in [4.78, 5) is 34.8. The van der Waals surface area contributed by atoms with Gasteiger partial charge >= 0.3 is 0 Å². The van der Waals surface area contributed by atoms with Gasteiger partial charge in [-0.3, -0.25) is 14.2 Å². The highest BCUT2D eigenvalue weighted by molar-refractivity contribution is 5.95. The molecule has 0 unspecified atom stereocenters. The monoisotopic (exact) mass is 445 g/mol. The fraction of sp³-hybridized carbons (Fsp3) is 0.346. The zero-order chi connectivity index (χ0) is 23.4. The van der Waals surface area contributed by atoms with Crippen molar-refractivity contribution in [2.75, 3.05) is 32.1 Å². The molecule has 0 atom stereocenters. The van der Waals surface area contributed by atoms with Gasteiger partial charge in [-0.15, -0.1) is 0 Å². The Morgan fingerprint density at radius 1 is 1.12 bits per heavy atom. The van der Waals surface area contributed by atoms with Crippen LogP contribution in [0.1, 0.15) is 34.3 Å².